The second-order valence-corrected chi connectivity index (χ2v) is 14.1. The number of benzene rings is 4. The Morgan fingerprint density at radius 1 is 0.420 bits per heavy atom. The lowest BCUT2D eigenvalue weighted by molar-refractivity contribution is 0.261. The van der Waals surface area contributed by atoms with Crippen molar-refractivity contribution < 1.29 is 37.9 Å². The highest BCUT2D eigenvalue weighted by atomic mass is 16.6. The van der Waals surface area contributed by atoms with Crippen molar-refractivity contribution in [2.24, 2.45) is 0 Å². The highest BCUT2D eigenvalue weighted by Crippen LogP contribution is 2.46. The molecule has 0 spiro atoms. The van der Waals surface area contributed by atoms with Crippen LogP contribution in [0.25, 0.3) is 0 Å². The van der Waals surface area contributed by atoms with Gasteiger partial charge in [0, 0.05) is 11.8 Å². The molecule has 0 aliphatic carbocycles. The number of epoxide rings is 4. The van der Waals surface area contributed by atoms with Crippen LogP contribution in [0.3, 0.4) is 0 Å². The van der Waals surface area contributed by atoms with Crippen molar-refractivity contribution in [3.8, 4) is 23.0 Å². The van der Waals surface area contributed by atoms with E-state index in [1.54, 1.807) is 0 Å². The largest absolute Gasteiger partial charge is 0.491 e. The fourth-order valence-electron chi connectivity index (χ4n) is 6.65. The summed E-state index contributed by atoms with van der Waals surface area (Å²) in [5.41, 5.74) is 9.19. The minimum Gasteiger partial charge on any atom is -0.491 e. The second-order valence-electron chi connectivity index (χ2n) is 14.1. The van der Waals surface area contributed by atoms with Crippen LogP contribution in [0.15, 0.2) is 72.8 Å². The molecule has 4 atom stereocenters. The first-order valence-corrected chi connectivity index (χ1v) is 17.8. The quantitative estimate of drug-likeness (QED) is 0.111. The summed E-state index contributed by atoms with van der Waals surface area (Å²) in [5, 5.41) is 0. The van der Waals surface area contributed by atoms with Crippen molar-refractivity contribution >= 4 is 0 Å². The Balaban J connectivity index is 1.21. The van der Waals surface area contributed by atoms with Gasteiger partial charge in [-0.05, 0) is 96.5 Å². The third-order valence-electron chi connectivity index (χ3n) is 9.87. The molecule has 8 rings (SSSR count). The molecule has 0 bridgehead atoms. The zero-order chi connectivity index (χ0) is 34.2. The topological polar surface area (TPSA) is 87.0 Å². The van der Waals surface area contributed by atoms with Gasteiger partial charge in [0.05, 0.1) is 26.4 Å². The van der Waals surface area contributed by atoms with E-state index in [1.807, 2.05) is 0 Å². The summed E-state index contributed by atoms with van der Waals surface area (Å²) in [4.78, 5) is 0. The highest BCUT2D eigenvalue weighted by molar-refractivity contribution is 5.52. The molecule has 8 nitrogen and oxygen atoms in total. The molecular formula is C42H46O8. The summed E-state index contributed by atoms with van der Waals surface area (Å²) in [5.74, 6) is 3.47. The van der Waals surface area contributed by atoms with Crippen molar-refractivity contribution in [3.63, 3.8) is 0 Å². The Morgan fingerprint density at radius 3 is 0.820 bits per heavy atom. The van der Waals surface area contributed by atoms with Crippen LogP contribution in [0.1, 0.15) is 56.3 Å². The van der Waals surface area contributed by atoms with Crippen molar-refractivity contribution in [2.75, 3.05) is 52.9 Å². The van der Waals surface area contributed by atoms with E-state index in [-0.39, 0.29) is 36.3 Å². The van der Waals surface area contributed by atoms with Crippen LogP contribution in [-0.2, 0) is 18.9 Å². The van der Waals surface area contributed by atoms with Gasteiger partial charge < -0.3 is 37.9 Å². The maximum atomic E-state index is 6.17. The van der Waals surface area contributed by atoms with Gasteiger partial charge >= 0.3 is 0 Å². The Kier molecular flexibility index (Phi) is 9.44. The predicted octanol–water partition coefficient (Wildman–Crippen LogP) is 6.99. The smallest absolute Gasteiger partial charge is 0.122 e. The maximum Gasteiger partial charge on any atom is 0.122 e. The minimum absolute atomic E-state index is 0.0360. The first-order chi connectivity index (χ1) is 24.4. The standard InChI is InChI=1S/C42H46O8/c1-25-13-29(5-9-37(25)47-21-33-17-43-33)41(30-6-10-38(26(2)14-30)48-22-34-18-44-34)42(31-7-11-39(27(3)15-31)49-23-35-19-45-35)32-8-12-40(28(4)16-32)50-24-36-20-46-36/h5-16,33-36,41-42H,17-24H2,1-4H3. The number of hydrogen-bond donors (Lipinski definition) is 0. The monoisotopic (exact) mass is 678 g/mol. The first-order valence-electron chi connectivity index (χ1n) is 17.8. The Hall–Kier alpha value is -4.08. The van der Waals surface area contributed by atoms with Gasteiger partial charge in [-0.2, -0.15) is 0 Å². The Morgan fingerprint density at radius 2 is 0.640 bits per heavy atom. The predicted molar refractivity (Wildman–Crippen MR) is 189 cm³/mol. The molecule has 0 aromatic heterocycles. The number of aryl methyl sites for hydroxylation is 4. The normalized spacial score (nSPS) is 22.7. The second kappa shape index (κ2) is 14.3. The molecule has 8 heteroatoms. The average Bonchev–Trinajstić information content (AvgIpc) is 3.91. The van der Waals surface area contributed by atoms with Gasteiger partial charge in [-0.15, -0.1) is 0 Å². The van der Waals surface area contributed by atoms with Gasteiger partial charge in [-0.25, -0.2) is 0 Å². The van der Waals surface area contributed by atoms with Crippen molar-refractivity contribution in [1.29, 1.82) is 0 Å². The van der Waals surface area contributed by atoms with E-state index < -0.39 is 0 Å². The van der Waals surface area contributed by atoms with E-state index >= 15 is 0 Å². The lowest BCUT2D eigenvalue weighted by Gasteiger charge is -2.31. The number of rotatable bonds is 17. The lowest BCUT2D eigenvalue weighted by Crippen LogP contribution is -2.17. The minimum atomic E-state index is -0.0360. The molecule has 0 radical (unpaired) electrons. The lowest BCUT2D eigenvalue weighted by atomic mass is 9.72. The molecule has 4 unspecified atom stereocenters. The summed E-state index contributed by atoms with van der Waals surface area (Å²) in [6.45, 7) is 13.8. The van der Waals surface area contributed by atoms with Crippen LogP contribution in [0.2, 0.25) is 0 Å². The number of hydrogen-bond acceptors (Lipinski definition) is 8. The molecule has 0 amide bonds. The summed E-state index contributed by atoms with van der Waals surface area (Å²) < 4.78 is 46.3. The maximum absolute atomic E-state index is 6.17. The van der Waals surface area contributed by atoms with Crippen LogP contribution in [-0.4, -0.2) is 77.3 Å². The van der Waals surface area contributed by atoms with E-state index in [2.05, 4.69) is 100 Å². The molecule has 4 heterocycles. The highest BCUT2D eigenvalue weighted by Gasteiger charge is 2.32. The van der Waals surface area contributed by atoms with E-state index in [9.17, 15) is 0 Å². The Labute approximate surface area is 294 Å². The molecular weight excluding hydrogens is 632 g/mol. The van der Waals surface area contributed by atoms with Crippen LogP contribution in [0, 0.1) is 27.7 Å². The zero-order valence-electron chi connectivity index (χ0n) is 29.3. The molecule has 4 aromatic rings. The third-order valence-corrected chi connectivity index (χ3v) is 9.87. The van der Waals surface area contributed by atoms with E-state index in [0.717, 1.165) is 71.7 Å². The summed E-state index contributed by atoms with van der Waals surface area (Å²) in [6, 6.07) is 26.5. The van der Waals surface area contributed by atoms with Crippen molar-refractivity contribution in [3.05, 3.63) is 117 Å². The van der Waals surface area contributed by atoms with E-state index in [0.29, 0.717) is 26.4 Å². The third kappa shape index (κ3) is 8.10. The molecule has 4 aliphatic rings. The van der Waals surface area contributed by atoms with Crippen molar-refractivity contribution in [1.82, 2.24) is 0 Å². The van der Waals surface area contributed by atoms with Gasteiger partial charge in [0.25, 0.3) is 0 Å². The Bertz CT molecular complexity index is 1560. The van der Waals surface area contributed by atoms with Gasteiger partial charge in [0.1, 0.15) is 73.8 Å². The fraction of sp³-hybridized carbons (Fsp3) is 0.429. The molecule has 4 aliphatic heterocycles. The first kappa shape index (κ1) is 33.1. The SMILES string of the molecule is Cc1cc(C(c2ccc(OCC3CO3)c(C)c2)C(c2ccc(OCC3CO3)c(C)c2)c2ccc(OCC3CO3)c(C)c2)ccc1OCC1CO1. The van der Waals surface area contributed by atoms with Crippen LogP contribution >= 0.6 is 0 Å². The molecule has 4 fully saturated rings. The van der Waals surface area contributed by atoms with Crippen LogP contribution < -0.4 is 18.9 Å². The fourth-order valence-corrected chi connectivity index (χ4v) is 6.65. The van der Waals surface area contributed by atoms with Gasteiger partial charge in [0.2, 0.25) is 0 Å². The van der Waals surface area contributed by atoms with E-state index in [1.165, 1.54) is 22.3 Å². The van der Waals surface area contributed by atoms with Gasteiger partial charge in [0.15, 0.2) is 0 Å². The average molecular weight is 679 g/mol. The molecule has 262 valence electrons. The van der Waals surface area contributed by atoms with Crippen LogP contribution in [0.4, 0.5) is 0 Å². The zero-order valence-corrected chi connectivity index (χ0v) is 29.3. The van der Waals surface area contributed by atoms with E-state index in [4.69, 9.17) is 37.9 Å². The van der Waals surface area contributed by atoms with Crippen molar-refractivity contribution in [2.45, 2.75) is 63.9 Å². The molecule has 50 heavy (non-hydrogen) atoms. The summed E-state index contributed by atoms with van der Waals surface area (Å²) in [6.07, 6.45) is 0.779. The molecule has 0 saturated carbocycles. The van der Waals surface area contributed by atoms with Crippen LogP contribution in [0.5, 0.6) is 23.0 Å². The molecule has 4 aromatic carbocycles. The summed E-state index contributed by atoms with van der Waals surface area (Å²) >= 11 is 0. The molecule has 4 saturated heterocycles. The van der Waals surface area contributed by atoms with Gasteiger partial charge in [-0.3, -0.25) is 0 Å². The molecule has 0 N–H and O–H groups in total. The number of ether oxygens (including phenoxy) is 8. The van der Waals surface area contributed by atoms with Gasteiger partial charge in [-0.1, -0.05) is 48.5 Å². The summed E-state index contributed by atoms with van der Waals surface area (Å²) in [7, 11) is 0.